The fourth-order valence-corrected chi connectivity index (χ4v) is 2.23. The van der Waals surface area contributed by atoms with Crippen molar-refractivity contribution in [2.75, 3.05) is 32.8 Å². The maximum Gasteiger partial charge on any atom is 0.261 e. The fraction of sp³-hybridized carbons (Fsp3) is 1.00. The van der Waals surface area contributed by atoms with Crippen molar-refractivity contribution < 1.29 is 13.5 Å². The number of hydrogen-bond acceptors (Lipinski definition) is 3. The van der Waals surface area contributed by atoms with Gasteiger partial charge in [0.05, 0.1) is 6.61 Å². The number of piperazine rings is 1. The molecule has 0 saturated carbocycles. The number of hydrogen-bond donors (Lipinski definition) is 1. The normalized spacial score (nSPS) is 26.6. The molecule has 0 spiro atoms. The lowest BCUT2D eigenvalue weighted by Gasteiger charge is -2.39. The van der Waals surface area contributed by atoms with Crippen molar-refractivity contribution in [3.63, 3.8) is 0 Å². The van der Waals surface area contributed by atoms with E-state index in [9.17, 15) is 8.78 Å². The molecule has 1 aliphatic rings. The summed E-state index contributed by atoms with van der Waals surface area (Å²) >= 11 is 0. The summed E-state index contributed by atoms with van der Waals surface area (Å²) in [4.78, 5) is 2.36. The highest BCUT2D eigenvalue weighted by Crippen LogP contribution is 2.11. The molecule has 1 fully saturated rings. The van der Waals surface area contributed by atoms with E-state index in [4.69, 9.17) is 4.74 Å². The second-order valence-corrected chi connectivity index (χ2v) is 4.54. The number of alkyl halides is 2. The van der Waals surface area contributed by atoms with Crippen molar-refractivity contribution in [1.82, 2.24) is 10.2 Å². The van der Waals surface area contributed by atoms with Crippen molar-refractivity contribution in [3.8, 4) is 0 Å². The van der Waals surface area contributed by atoms with Crippen LogP contribution in [0.3, 0.4) is 0 Å². The van der Waals surface area contributed by atoms with Crippen LogP contribution in [0, 0.1) is 0 Å². The van der Waals surface area contributed by atoms with Gasteiger partial charge in [0.1, 0.15) is 6.61 Å². The van der Waals surface area contributed by atoms with Gasteiger partial charge in [0.25, 0.3) is 6.43 Å². The van der Waals surface area contributed by atoms with E-state index in [0.29, 0.717) is 18.7 Å². The van der Waals surface area contributed by atoms with Gasteiger partial charge < -0.3 is 10.1 Å². The van der Waals surface area contributed by atoms with E-state index >= 15 is 0 Å². The van der Waals surface area contributed by atoms with Crippen molar-refractivity contribution in [3.05, 3.63) is 0 Å². The highest BCUT2D eigenvalue weighted by Gasteiger charge is 2.25. The predicted molar refractivity (Wildman–Crippen MR) is 64.6 cm³/mol. The van der Waals surface area contributed by atoms with E-state index in [1.54, 1.807) is 0 Å². The lowest BCUT2D eigenvalue weighted by Crippen LogP contribution is -2.56. The van der Waals surface area contributed by atoms with Crippen LogP contribution in [0.1, 0.15) is 26.7 Å². The highest BCUT2D eigenvalue weighted by atomic mass is 19.3. The standard InChI is InChI=1S/C12H24F2N2O/c1-3-10-8-16(11(4-2)7-15-10)5-6-17-9-12(13)14/h10-12,15H,3-9H2,1-2H3. The molecule has 1 saturated heterocycles. The second kappa shape index (κ2) is 7.95. The third kappa shape index (κ3) is 5.27. The van der Waals surface area contributed by atoms with Crippen LogP contribution < -0.4 is 5.32 Å². The molecule has 2 atom stereocenters. The van der Waals surface area contributed by atoms with E-state index in [1.165, 1.54) is 0 Å². The molecule has 2 unspecified atom stereocenters. The Morgan fingerprint density at radius 2 is 2.12 bits per heavy atom. The molecule has 0 aromatic carbocycles. The first-order valence-electron chi connectivity index (χ1n) is 6.50. The first kappa shape index (κ1) is 14.8. The Morgan fingerprint density at radius 3 is 2.71 bits per heavy atom. The summed E-state index contributed by atoms with van der Waals surface area (Å²) in [7, 11) is 0. The monoisotopic (exact) mass is 250 g/mol. The minimum absolute atomic E-state index is 0.400. The summed E-state index contributed by atoms with van der Waals surface area (Å²) < 4.78 is 28.8. The number of nitrogens with one attached hydrogen (secondary N) is 1. The molecule has 0 aromatic heterocycles. The lowest BCUT2D eigenvalue weighted by atomic mass is 10.1. The zero-order valence-electron chi connectivity index (χ0n) is 10.8. The van der Waals surface area contributed by atoms with Crippen LogP contribution in [-0.4, -0.2) is 56.3 Å². The van der Waals surface area contributed by atoms with Crippen LogP contribution in [0.2, 0.25) is 0 Å². The van der Waals surface area contributed by atoms with Crippen LogP contribution in [0.25, 0.3) is 0 Å². The molecule has 0 amide bonds. The Balaban J connectivity index is 2.26. The van der Waals surface area contributed by atoms with E-state index in [1.807, 2.05) is 0 Å². The van der Waals surface area contributed by atoms with E-state index in [2.05, 4.69) is 24.1 Å². The molecule has 102 valence electrons. The van der Waals surface area contributed by atoms with Gasteiger partial charge in [-0.2, -0.15) is 0 Å². The van der Waals surface area contributed by atoms with E-state index in [-0.39, 0.29) is 0 Å². The van der Waals surface area contributed by atoms with E-state index < -0.39 is 13.0 Å². The zero-order valence-corrected chi connectivity index (χ0v) is 10.8. The molecule has 1 aliphatic heterocycles. The Bertz CT molecular complexity index is 205. The van der Waals surface area contributed by atoms with Gasteiger partial charge in [0.15, 0.2) is 0 Å². The molecule has 5 heteroatoms. The fourth-order valence-electron chi connectivity index (χ4n) is 2.23. The van der Waals surface area contributed by atoms with Gasteiger partial charge in [-0.05, 0) is 12.8 Å². The Kier molecular flexibility index (Phi) is 6.92. The molecule has 1 rings (SSSR count). The minimum atomic E-state index is -2.36. The molecule has 0 aliphatic carbocycles. The second-order valence-electron chi connectivity index (χ2n) is 4.54. The van der Waals surface area contributed by atoms with Gasteiger partial charge in [-0.25, -0.2) is 8.78 Å². The first-order chi connectivity index (χ1) is 8.17. The van der Waals surface area contributed by atoms with Crippen molar-refractivity contribution in [1.29, 1.82) is 0 Å². The van der Waals surface area contributed by atoms with Gasteiger partial charge >= 0.3 is 0 Å². The third-order valence-corrected chi connectivity index (χ3v) is 3.34. The largest absolute Gasteiger partial charge is 0.374 e. The minimum Gasteiger partial charge on any atom is -0.374 e. The number of halogens is 2. The molecule has 1 heterocycles. The highest BCUT2D eigenvalue weighted by molar-refractivity contribution is 4.84. The summed E-state index contributed by atoms with van der Waals surface area (Å²) in [6, 6.07) is 1.03. The Morgan fingerprint density at radius 1 is 1.35 bits per heavy atom. The zero-order chi connectivity index (χ0) is 12.7. The summed E-state index contributed by atoms with van der Waals surface area (Å²) in [6.07, 6.45) is -0.174. The van der Waals surface area contributed by atoms with Gasteiger partial charge in [-0.15, -0.1) is 0 Å². The number of rotatable bonds is 7. The van der Waals surface area contributed by atoms with Crippen molar-refractivity contribution in [2.24, 2.45) is 0 Å². The average molecular weight is 250 g/mol. The Hall–Kier alpha value is -0.260. The average Bonchev–Trinajstić information content (AvgIpc) is 2.34. The molecule has 17 heavy (non-hydrogen) atoms. The Labute approximate surface area is 103 Å². The molecule has 3 nitrogen and oxygen atoms in total. The van der Waals surface area contributed by atoms with Crippen LogP contribution in [0.4, 0.5) is 8.78 Å². The maximum absolute atomic E-state index is 11.9. The van der Waals surface area contributed by atoms with Crippen molar-refractivity contribution >= 4 is 0 Å². The van der Waals surface area contributed by atoms with Gasteiger partial charge in [-0.1, -0.05) is 13.8 Å². The van der Waals surface area contributed by atoms with Gasteiger partial charge in [-0.3, -0.25) is 4.90 Å². The molecule has 0 aromatic rings. The van der Waals surface area contributed by atoms with Crippen LogP contribution >= 0.6 is 0 Å². The maximum atomic E-state index is 11.9. The third-order valence-electron chi connectivity index (χ3n) is 3.34. The van der Waals surface area contributed by atoms with Crippen LogP contribution in [0.15, 0.2) is 0 Å². The summed E-state index contributed by atoms with van der Waals surface area (Å²) in [5.41, 5.74) is 0. The molecule has 1 N–H and O–H groups in total. The predicted octanol–water partition coefficient (Wildman–Crippen LogP) is 1.73. The van der Waals surface area contributed by atoms with Crippen LogP contribution in [-0.2, 0) is 4.74 Å². The topological polar surface area (TPSA) is 24.5 Å². The van der Waals surface area contributed by atoms with E-state index in [0.717, 1.165) is 32.5 Å². The van der Waals surface area contributed by atoms with Gasteiger partial charge in [0.2, 0.25) is 0 Å². The van der Waals surface area contributed by atoms with Crippen molar-refractivity contribution in [2.45, 2.75) is 45.2 Å². The molecule has 0 radical (unpaired) electrons. The molecular weight excluding hydrogens is 226 g/mol. The SMILES string of the molecule is CCC1CN(CCOCC(F)F)C(CC)CN1. The summed E-state index contributed by atoms with van der Waals surface area (Å²) in [5, 5.41) is 3.51. The van der Waals surface area contributed by atoms with Gasteiger partial charge in [0, 0.05) is 31.7 Å². The number of ether oxygens (including phenoxy) is 1. The number of nitrogens with zero attached hydrogens (tertiary/aromatic N) is 1. The quantitative estimate of drug-likeness (QED) is 0.696. The smallest absolute Gasteiger partial charge is 0.261 e. The lowest BCUT2D eigenvalue weighted by molar-refractivity contribution is 0.000993. The molecule has 0 bridgehead atoms. The van der Waals surface area contributed by atoms with Crippen LogP contribution in [0.5, 0.6) is 0 Å². The summed E-state index contributed by atoms with van der Waals surface area (Å²) in [6.45, 7) is 7.01. The first-order valence-corrected chi connectivity index (χ1v) is 6.50. The summed E-state index contributed by atoms with van der Waals surface area (Å²) in [5.74, 6) is 0. The molecular formula is C12H24F2N2O.